The van der Waals surface area contributed by atoms with Crippen LogP contribution in [0.5, 0.6) is 5.75 Å². The van der Waals surface area contributed by atoms with Gasteiger partial charge in [0.1, 0.15) is 5.75 Å². The van der Waals surface area contributed by atoms with Gasteiger partial charge in [-0.1, -0.05) is 48.5 Å². The van der Waals surface area contributed by atoms with Crippen molar-refractivity contribution in [3.8, 4) is 5.75 Å². The first kappa shape index (κ1) is 13.6. The molecule has 2 aromatic carbocycles. The van der Waals surface area contributed by atoms with Crippen LogP contribution in [0.1, 0.15) is 17.2 Å². The Morgan fingerprint density at radius 1 is 1.19 bits per heavy atom. The zero-order valence-corrected chi connectivity index (χ0v) is 11.5. The van der Waals surface area contributed by atoms with Crippen molar-refractivity contribution in [2.45, 2.75) is 18.6 Å². The van der Waals surface area contributed by atoms with Crippen LogP contribution < -0.4 is 10.1 Å². The van der Waals surface area contributed by atoms with E-state index in [2.05, 4.69) is 5.32 Å². The van der Waals surface area contributed by atoms with E-state index >= 15 is 0 Å². The molecule has 1 aliphatic heterocycles. The number of hydrogen-bond acceptors (Lipinski definition) is 3. The average molecular weight is 283 g/mol. The number of carbonyl (C=O) groups is 1. The number of aliphatic hydroxyl groups is 1. The molecule has 2 atom stereocenters. The summed E-state index contributed by atoms with van der Waals surface area (Å²) in [6.07, 6.45) is 0.0368. The fourth-order valence-electron chi connectivity index (χ4n) is 2.51. The van der Waals surface area contributed by atoms with E-state index < -0.39 is 12.1 Å². The number of aliphatic hydroxyl groups excluding tert-OH is 1. The first-order chi connectivity index (χ1) is 10.3. The topological polar surface area (TPSA) is 58.6 Å². The molecule has 3 rings (SSSR count). The predicted molar refractivity (Wildman–Crippen MR) is 79.0 cm³/mol. The summed E-state index contributed by atoms with van der Waals surface area (Å²) in [6, 6.07) is 16.7. The van der Waals surface area contributed by atoms with Crippen LogP contribution in [-0.2, 0) is 11.2 Å². The summed E-state index contributed by atoms with van der Waals surface area (Å²) in [5, 5.41) is 12.3. The molecule has 4 heteroatoms. The van der Waals surface area contributed by atoms with Crippen molar-refractivity contribution in [1.29, 1.82) is 0 Å². The Kier molecular flexibility index (Phi) is 3.88. The molecule has 0 radical (unpaired) electrons. The van der Waals surface area contributed by atoms with Crippen LogP contribution in [0.25, 0.3) is 0 Å². The van der Waals surface area contributed by atoms with Crippen LogP contribution in [0.15, 0.2) is 54.6 Å². The summed E-state index contributed by atoms with van der Waals surface area (Å²) in [7, 11) is 0. The van der Waals surface area contributed by atoms with Gasteiger partial charge < -0.3 is 15.2 Å². The van der Waals surface area contributed by atoms with Crippen molar-refractivity contribution in [2.75, 3.05) is 6.61 Å². The van der Waals surface area contributed by atoms with Crippen molar-refractivity contribution in [3.63, 3.8) is 0 Å². The molecule has 2 aromatic rings. The standard InChI is InChI=1S/C17H17NO3/c19-11-14(12-6-2-1-3-7-12)18-17(20)16-10-13-8-4-5-9-15(13)21-16/h1-9,14,16,19H,10-11H2,(H,18,20)/t14-,16?/m0/s1. The number of benzene rings is 2. The molecule has 2 N–H and O–H groups in total. The maximum atomic E-state index is 12.3. The Morgan fingerprint density at radius 3 is 2.62 bits per heavy atom. The quantitative estimate of drug-likeness (QED) is 0.900. The Morgan fingerprint density at radius 2 is 1.90 bits per heavy atom. The molecule has 0 saturated carbocycles. The van der Waals surface area contributed by atoms with Crippen LogP contribution in [0, 0.1) is 0 Å². The monoisotopic (exact) mass is 283 g/mol. The van der Waals surface area contributed by atoms with Gasteiger partial charge >= 0.3 is 0 Å². The molecule has 4 nitrogen and oxygen atoms in total. The predicted octanol–water partition coefficient (Wildman–Crippen LogP) is 1.84. The first-order valence-corrected chi connectivity index (χ1v) is 6.98. The zero-order chi connectivity index (χ0) is 14.7. The van der Waals surface area contributed by atoms with Gasteiger partial charge in [-0.15, -0.1) is 0 Å². The van der Waals surface area contributed by atoms with Gasteiger partial charge in [-0.05, 0) is 17.2 Å². The minimum absolute atomic E-state index is 0.143. The number of amides is 1. The van der Waals surface area contributed by atoms with Crippen LogP contribution in [0.2, 0.25) is 0 Å². The minimum atomic E-state index is -0.528. The summed E-state index contributed by atoms with van der Waals surface area (Å²) in [6.45, 7) is -0.143. The number of ether oxygens (including phenoxy) is 1. The van der Waals surface area contributed by atoms with Crippen molar-refractivity contribution < 1.29 is 14.6 Å². The van der Waals surface area contributed by atoms with Gasteiger partial charge in [0.05, 0.1) is 12.6 Å². The minimum Gasteiger partial charge on any atom is -0.480 e. The molecular weight excluding hydrogens is 266 g/mol. The van der Waals surface area contributed by atoms with Crippen molar-refractivity contribution in [1.82, 2.24) is 5.32 Å². The molecule has 1 aliphatic rings. The van der Waals surface area contributed by atoms with E-state index in [1.807, 2.05) is 54.6 Å². The molecule has 21 heavy (non-hydrogen) atoms. The number of para-hydroxylation sites is 1. The molecule has 0 saturated heterocycles. The zero-order valence-electron chi connectivity index (χ0n) is 11.5. The normalized spacial score (nSPS) is 17.7. The Labute approximate surface area is 123 Å². The van der Waals surface area contributed by atoms with Gasteiger partial charge in [0.15, 0.2) is 6.10 Å². The lowest BCUT2D eigenvalue weighted by Crippen LogP contribution is -2.40. The number of fused-ring (bicyclic) bond motifs is 1. The van der Waals surface area contributed by atoms with Crippen LogP contribution in [0.3, 0.4) is 0 Å². The summed E-state index contributed by atoms with van der Waals surface area (Å²) in [5.74, 6) is 0.562. The lowest BCUT2D eigenvalue weighted by molar-refractivity contribution is -0.128. The van der Waals surface area contributed by atoms with Crippen molar-refractivity contribution in [3.05, 3.63) is 65.7 Å². The Bertz CT molecular complexity index is 602. The highest BCUT2D eigenvalue weighted by Gasteiger charge is 2.30. The molecular formula is C17H17NO3. The lowest BCUT2D eigenvalue weighted by atomic mass is 10.1. The fraction of sp³-hybridized carbons (Fsp3) is 0.235. The summed E-state index contributed by atoms with van der Waals surface area (Å²) in [5.41, 5.74) is 1.92. The highest BCUT2D eigenvalue weighted by atomic mass is 16.5. The SMILES string of the molecule is O=C(N[C@@H](CO)c1ccccc1)C1Cc2ccccc2O1. The third-order valence-electron chi connectivity index (χ3n) is 3.64. The van der Waals surface area contributed by atoms with Crippen molar-refractivity contribution in [2.24, 2.45) is 0 Å². The third-order valence-corrected chi connectivity index (χ3v) is 3.64. The molecule has 1 amide bonds. The van der Waals surface area contributed by atoms with Crippen LogP contribution in [-0.4, -0.2) is 23.7 Å². The largest absolute Gasteiger partial charge is 0.480 e. The van der Waals surface area contributed by atoms with Crippen LogP contribution >= 0.6 is 0 Å². The average Bonchev–Trinajstić information content (AvgIpc) is 2.97. The second-order valence-electron chi connectivity index (χ2n) is 5.07. The van der Waals surface area contributed by atoms with Gasteiger partial charge in [-0.2, -0.15) is 0 Å². The summed E-state index contributed by atoms with van der Waals surface area (Å²) < 4.78 is 5.66. The van der Waals surface area contributed by atoms with Gasteiger partial charge in [0, 0.05) is 6.42 Å². The molecule has 108 valence electrons. The number of hydrogen-bond donors (Lipinski definition) is 2. The Balaban J connectivity index is 1.67. The smallest absolute Gasteiger partial charge is 0.261 e. The number of rotatable bonds is 4. The van der Waals surface area contributed by atoms with E-state index in [1.54, 1.807) is 0 Å². The fourth-order valence-corrected chi connectivity index (χ4v) is 2.51. The van der Waals surface area contributed by atoms with E-state index in [1.165, 1.54) is 0 Å². The van der Waals surface area contributed by atoms with Gasteiger partial charge in [0.25, 0.3) is 5.91 Å². The highest BCUT2D eigenvalue weighted by Crippen LogP contribution is 2.28. The second-order valence-corrected chi connectivity index (χ2v) is 5.07. The molecule has 0 fully saturated rings. The molecule has 0 spiro atoms. The highest BCUT2D eigenvalue weighted by molar-refractivity contribution is 5.83. The van der Waals surface area contributed by atoms with Gasteiger partial charge in [-0.3, -0.25) is 4.79 Å². The van der Waals surface area contributed by atoms with E-state index in [0.29, 0.717) is 6.42 Å². The van der Waals surface area contributed by atoms with E-state index in [9.17, 15) is 9.90 Å². The maximum absolute atomic E-state index is 12.3. The molecule has 0 aromatic heterocycles. The first-order valence-electron chi connectivity index (χ1n) is 6.98. The number of nitrogens with one attached hydrogen (secondary N) is 1. The number of carbonyl (C=O) groups excluding carboxylic acids is 1. The van der Waals surface area contributed by atoms with Crippen molar-refractivity contribution >= 4 is 5.91 Å². The van der Waals surface area contributed by atoms with Gasteiger partial charge in [0.2, 0.25) is 0 Å². The maximum Gasteiger partial charge on any atom is 0.261 e. The summed E-state index contributed by atoms with van der Waals surface area (Å²) >= 11 is 0. The van der Waals surface area contributed by atoms with E-state index in [-0.39, 0.29) is 12.5 Å². The Hall–Kier alpha value is -2.33. The molecule has 1 heterocycles. The summed E-state index contributed by atoms with van der Waals surface area (Å²) in [4.78, 5) is 12.3. The van der Waals surface area contributed by atoms with Crippen LogP contribution in [0.4, 0.5) is 0 Å². The third kappa shape index (κ3) is 2.90. The second kappa shape index (κ2) is 5.97. The van der Waals surface area contributed by atoms with Gasteiger partial charge in [-0.25, -0.2) is 0 Å². The molecule has 0 aliphatic carbocycles. The molecule has 0 bridgehead atoms. The lowest BCUT2D eigenvalue weighted by Gasteiger charge is -2.19. The molecule has 1 unspecified atom stereocenters. The van der Waals surface area contributed by atoms with E-state index in [0.717, 1.165) is 16.9 Å². The van der Waals surface area contributed by atoms with E-state index in [4.69, 9.17) is 4.74 Å².